The van der Waals surface area contributed by atoms with Gasteiger partial charge in [-0.3, -0.25) is 0 Å². The van der Waals surface area contributed by atoms with Crippen molar-refractivity contribution in [3.8, 4) is 0 Å². The molecule has 0 aromatic rings. The van der Waals surface area contributed by atoms with Crippen LogP contribution in [0.25, 0.3) is 0 Å². The van der Waals surface area contributed by atoms with Crippen LogP contribution in [-0.2, 0) is 10.2 Å². The molecule has 0 aliphatic carbocycles. The summed E-state index contributed by atoms with van der Waals surface area (Å²) in [5.41, 5.74) is 0. The van der Waals surface area contributed by atoms with Gasteiger partial charge in [0.25, 0.3) is 10.2 Å². The van der Waals surface area contributed by atoms with Crippen molar-refractivity contribution in [2.45, 2.75) is 19.8 Å². The van der Waals surface area contributed by atoms with Gasteiger partial charge >= 0.3 is 0 Å². The number of likely N-dealkylation sites (N-methyl/N-ethyl adjacent to an activating group) is 2. The largest absolute Gasteiger partial charge is 0.318 e. The molecule has 0 amide bonds. The van der Waals surface area contributed by atoms with Crippen LogP contribution >= 0.6 is 0 Å². The first-order chi connectivity index (χ1) is 7.48. The normalized spacial score (nSPS) is 20.5. The van der Waals surface area contributed by atoms with Crippen molar-refractivity contribution < 1.29 is 8.42 Å². The minimum atomic E-state index is -3.23. The van der Waals surface area contributed by atoms with Crippen molar-refractivity contribution in [3.63, 3.8) is 0 Å². The molecule has 0 radical (unpaired) electrons. The molecule has 0 unspecified atom stereocenters. The molecule has 6 heteroatoms. The lowest BCUT2D eigenvalue weighted by molar-refractivity contribution is 0.270. The van der Waals surface area contributed by atoms with E-state index in [2.05, 4.69) is 12.2 Å². The van der Waals surface area contributed by atoms with Crippen molar-refractivity contribution >= 4 is 10.2 Å². The highest BCUT2D eigenvalue weighted by Crippen LogP contribution is 2.19. The molecular weight excluding hydrogens is 226 g/mol. The Labute approximate surface area is 99.0 Å². The molecule has 1 rings (SSSR count). The van der Waals surface area contributed by atoms with E-state index in [1.165, 1.54) is 4.31 Å². The number of nitrogens with zero attached hydrogens (tertiary/aromatic N) is 2. The average molecular weight is 249 g/mol. The Hall–Kier alpha value is -0.170. The van der Waals surface area contributed by atoms with E-state index in [0.717, 1.165) is 12.8 Å². The Kier molecular flexibility index (Phi) is 5.17. The molecule has 96 valence electrons. The zero-order valence-corrected chi connectivity index (χ0v) is 11.3. The van der Waals surface area contributed by atoms with Crippen molar-refractivity contribution in [2.24, 2.45) is 5.92 Å². The molecule has 0 spiro atoms. The molecule has 0 bridgehead atoms. The van der Waals surface area contributed by atoms with E-state index in [0.29, 0.717) is 32.1 Å². The molecule has 1 aliphatic heterocycles. The third-order valence-corrected chi connectivity index (χ3v) is 5.13. The fraction of sp³-hybridized carbons (Fsp3) is 1.00. The van der Waals surface area contributed by atoms with E-state index in [-0.39, 0.29) is 0 Å². The summed E-state index contributed by atoms with van der Waals surface area (Å²) in [6.45, 7) is 4.69. The first-order valence-corrected chi connectivity index (χ1v) is 7.24. The molecule has 16 heavy (non-hydrogen) atoms. The molecule has 1 fully saturated rings. The van der Waals surface area contributed by atoms with Crippen LogP contribution in [0, 0.1) is 5.92 Å². The van der Waals surface area contributed by atoms with E-state index >= 15 is 0 Å². The summed E-state index contributed by atoms with van der Waals surface area (Å²) in [6.07, 6.45) is 1.94. The van der Waals surface area contributed by atoms with Gasteiger partial charge < -0.3 is 5.32 Å². The number of piperidine rings is 1. The summed E-state index contributed by atoms with van der Waals surface area (Å²) in [5.74, 6) is 0.647. The summed E-state index contributed by atoms with van der Waals surface area (Å²) in [4.78, 5) is 0. The fourth-order valence-corrected chi connectivity index (χ4v) is 3.19. The van der Waals surface area contributed by atoms with Crippen LogP contribution in [0.2, 0.25) is 0 Å². The zero-order valence-electron chi connectivity index (χ0n) is 10.4. The highest BCUT2D eigenvalue weighted by Gasteiger charge is 2.29. The summed E-state index contributed by atoms with van der Waals surface area (Å²) in [6, 6.07) is 0. The number of rotatable bonds is 5. The minimum Gasteiger partial charge on any atom is -0.318 e. The van der Waals surface area contributed by atoms with E-state index in [4.69, 9.17) is 0 Å². The van der Waals surface area contributed by atoms with Gasteiger partial charge in [0.05, 0.1) is 0 Å². The standard InChI is InChI=1S/C10H23N3O2S/c1-10-4-7-13(8-5-10)16(14,15)12(3)9-6-11-2/h10-11H,4-9H2,1-3H3. The van der Waals surface area contributed by atoms with Crippen molar-refractivity contribution in [1.29, 1.82) is 0 Å². The Balaban J connectivity index is 2.56. The minimum absolute atomic E-state index is 0.519. The molecule has 0 aromatic carbocycles. The Bertz CT molecular complexity index is 297. The van der Waals surface area contributed by atoms with E-state index in [1.54, 1.807) is 11.4 Å². The second-order valence-corrected chi connectivity index (χ2v) is 6.55. The monoisotopic (exact) mass is 249 g/mol. The third-order valence-electron chi connectivity index (χ3n) is 3.14. The molecule has 1 saturated heterocycles. The van der Waals surface area contributed by atoms with Gasteiger partial charge in [0.2, 0.25) is 0 Å². The molecule has 0 saturated carbocycles. The van der Waals surface area contributed by atoms with Crippen LogP contribution in [0.5, 0.6) is 0 Å². The maximum Gasteiger partial charge on any atom is 0.281 e. The molecule has 1 N–H and O–H groups in total. The smallest absolute Gasteiger partial charge is 0.281 e. The summed E-state index contributed by atoms with van der Waals surface area (Å²) in [7, 11) is 0.235. The molecule has 0 atom stereocenters. The van der Waals surface area contributed by atoms with E-state index in [1.807, 2.05) is 7.05 Å². The summed E-state index contributed by atoms with van der Waals surface area (Å²) >= 11 is 0. The third kappa shape index (κ3) is 3.41. The zero-order chi connectivity index (χ0) is 12.2. The maximum absolute atomic E-state index is 12.1. The predicted molar refractivity (Wildman–Crippen MR) is 65.4 cm³/mol. The van der Waals surface area contributed by atoms with Crippen molar-refractivity contribution in [1.82, 2.24) is 13.9 Å². The van der Waals surface area contributed by atoms with Gasteiger partial charge in [0, 0.05) is 33.2 Å². The number of hydrogen-bond donors (Lipinski definition) is 1. The quantitative estimate of drug-likeness (QED) is 0.752. The Morgan fingerprint density at radius 3 is 2.44 bits per heavy atom. The average Bonchev–Trinajstić information content (AvgIpc) is 2.26. The first kappa shape index (κ1) is 13.9. The molecule has 1 aliphatic rings. The highest BCUT2D eigenvalue weighted by atomic mass is 32.2. The van der Waals surface area contributed by atoms with Crippen LogP contribution in [0.15, 0.2) is 0 Å². The molecule has 5 nitrogen and oxygen atoms in total. The van der Waals surface area contributed by atoms with Gasteiger partial charge in [0.15, 0.2) is 0 Å². The number of nitrogens with one attached hydrogen (secondary N) is 1. The topological polar surface area (TPSA) is 52.7 Å². The van der Waals surface area contributed by atoms with Crippen LogP contribution in [0.1, 0.15) is 19.8 Å². The second kappa shape index (κ2) is 5.95. The molecule has 1 heterocycles. The lowest BCUT2D eigenvalue weighted by Crippen LogP contribution is -2.46. The van der Waals surface area contributed by atoms with Crippen molar-refractivity contribution in [2.75, 3.05) is 40.3 Å². The fourth-order valence-electron chi connectivity index (χ4n) is 1.80. The van der Waals surface area contributed by atoms with Crippen LogP contribution in [0.4, 0.5) is 0 Å². The lowest BCUT2D eigenvalue weighted by Gasteiger charge is -2.32. The van der Waals surface area contributed by atoms with Crippen LogP contribution < -0.4 is 5.32 Å². The predicted octanol–water partition coefficient (Wildman–Crippen LogP) is 0.114. The van der Waals surface area contributed by atoms with Gasteiger partial charge in [-0.1, -0.05) is 6.92 Å². The van der Waals surface area contributed by atoms with Gasteiger partial charge in [-0.25, -0.2) is 0 Å². The van der Waals surface area contributed by atoms with Gasteiger partial charge in [-0.2, -0.15) is 17.0 Å². The van der Waals surface area contributed by atoms with Gasteiger partial charge in [-0.15, -0.1) is 0 Å². The SMILES string of the molecule is CNCCN(C)S(=O)(=O)N1CCC(C)CC1. The van der Waals surface area contributed by atoms with Crippen molar-refractivity contribution in [3.05, 3.63) is 0 Å². The van der Waals surface area contributed by atoms with Gasteiger partial charge in [0.1, 0.15) is 0 Å². The Morgan fingerprint density at radius 1 is 1.38 bits per heavy atom. The van der Waals surface area contributed by atoms with Crippen LogP contribution in [0.3, 0.4) is 0 Å². The first-order valence-electron chi connectivity index (χ1n) is 5.84. The highest BCUT2D eigenvalue weighted by molar-refractivity contribution is 7.86. The molecular formula is C10H23N3O2S. The van der Waals surface area contributed by atoms with E-state index in [9.17, 15) is 8.42 Å². The molecule has 0 aromatic heterocycles. The maximum atomic E-state index is 12.1. The van der Waals surface area contributed by atoms with E-state index < -0.39 is 10.2 Å². The number of hydrogen-bond acceptors (Lipinski definition) is 3. The Morgan fingerprint density at radius 2 is 1.94 bits per heavy atom. The summed E-state index contributed by atoms with van der Waals surface area (Å²) < 4.78 is 27.3. The summed E-state index contributed by atoms with van der Waals surface area (Å²) in [5, 5.41) is 2.96. The van der Waals surface area contributed by atoms with Crippen LogP contribution in [-0.4, -0.2) is 57.3 Å². The second-order valence-electron chi connectivity index (χ2n) is 4.51. The van der Waals surface area contributed by atoms with Gasteiger partial charge in [-0.05, 0) is 25.8 Å². The lowest BCUT2D eigenvalue weighted by atomic mass is 10.0.